The van der Waals surface area contributed by atoms with E-state index in [0.717, 1.165) is 16.7 Å². The number of benzene rings is 3. The van der Waals surface area contributed by atoms with Crippen molar-refractivity contribution in [1.82, 2.24) is 5.32 Å². The fourth-order valence-electron chi connectivity index (χ4n) is 3.28. The summed E-state index contributed by atoms with van der Waals surface area (Å²) >= 11 is 0. The number of hydrogen-bond acceptors (Lipinski definition) is 1. The van der Waals surface area contributed by atoms with Crippen molar-refractivity contribution in [2.45, 2.75) is 11.8 Å². The highest BCUT2D eigenvalue weighted by atomic mass is 16.1. The Hall–Kier alpha value is -2.87. The molecule has 3 aromatic carbocycles. The van der Waals surface area contributed by atoms with E-state index < -0.39 is 5.41 Å². The van der Waals surface area contributed by atoms with Crippen molar-refractivity contribution in [3.8, 4) is 0 Å². The molecule has 0 atom stereocenters. The largest absolute Gasteiger partial charge is 0.354 e. The van der Waals surface area contributed by atoms with Gasteiger partial charge in [-0.3, -0.25) is 4.79 Å². The summed E-state index contributed by atoms with van der Waals surface area (Å²) in [5.41, 5.74) is 2.72. The van der Waals surface area contributed by atoms with Crippen LogP contribution in [0.15, 0.2) is 91.0 Å². The van der Waals surface area contributed by atoms with Crippen molar-refractivity contribution in [2.24, 2.45) is 0 Å². The number of carbonyl (C=O) groups is 1. The van der Waals surface area contributed by atoms with Crippen LogP contribution in [0.5, 0.6) is 0 Å². The van der Waals surface area contributed by atoms with Crippen molar-refractivity contribution in [1.29, 1.82) is 0 Å². The van der Waals surface area contributed by atoms with Crippen LogP contribution < -0.4 is 5.32 Å². The smallest absolute Gasteiger partial charge is 0.221 e. The topological polar surface area (TPSA) is 29.1 Å². The van der Waals surface area contributed by atoms with E-state index in [1.807, 2.05) is 54.6 Å². The summed E-state index contributed by atoms with van der Waals surface area (Å²) in [6.07, 6.45) is 0.300. The highest BCUT2D eigenvalue weighted by molar-refractivity contribution is 5.80. The van der Waals surface area contributed by atoms with Gasteiger partial charge in [-0.05, 0) is 16.7 Å². The summed E-state index contributed by atoms with van der Waals surface area (Å²) in [5, 5.41) is 2.54. The predicted molar refractivity (Wildman–Crippen MR) is 97.3 cm³/mol. The summed E-state index contributed by atoms with van der Waals surface area (Å²) in [4.78, 5) is 12.4. The van der Waals surface area contributed by atoms with Gasteiger partial charge in [-0.25, -0.2) is 0 Å². The second kappa shape index (κ2) is 7.14. The summed E-state index contributed by atoms with van der Waals surface area (Å²) < 4.78 is 0. The molecule has 119 valence electrons. The van der Waals surface area contributed by atoms with Gasteiger partial charge in [-0.1, -0.05) is 91.0 Å². The third kappa shape index (κ3) is 2.95. The molecule has 0 saturated heterocycles. The van der Waals surface area contributed by atoms with E-state index >= 15 is 0 Å². The van der Waals surface area contributed by atoms with Gasteiger partial charge < -0.3 is 5.32 Å². The third-order valence-corrected chi connectivity index (χ3v) is 4.42. The molecule has 0 unspecified atom stereocenters. The zero-order valence-corrected chi connectivity index (χ0v) is 13.5. The molecule has 0 aliphatic carbocycles. The molecule has 0 aliphatic rings. The molecular weight excluding hydrogens is 294 g/mol. The van der Waals surface area contributed by atoms with Crippen LogP contribution in [0.25, 0.3) is 0 Å². The van der Waals surface area contributed by atoms with Crippen LogP contribution in [0.3, 0.4) is 0 Å². The lowest BCUT2D eigenvalue weighted by Crippen LogP contribution is -2.35. The molecule has 0 saturated carbocycles. The number of hydrogen-bond donors (Lipinski definition) is 1. The molecular formula is C22H20NO. The Kier molecular flexibility index (Phi) is 4.76. The lowest BCUT2D eigenvalue weighted by atomic mass is 9.67. The van der Waals surface area contributed by atoms with Crippen LogP contribution in [-0.4, -0.2) is 5.91 Å². The van der Waals surface area contributed by atoms with Crippen LogP contribution in [0.4, 0.5) is 0 Å². The van der Waals surface area contributed by atoms with E-state index in [-0.39, 0.29) is 5.91 Å². The average Bonchev–Trinajstić information content (AvgIpc) is 2.68. The number of carbonyl (C=O) groups excluding carboxylic acids is 1. The molecule has 1 amide bonds. The SMILES string of the molecule is [CH2]NC(=O)CC(c1ccccc1)(c1ccccc1)c1ccccc1. The number of amides is 1. The maximum Gasteiger partial charge on any atom is 0.221 e. The van der Waals surface area contributed by atoms with Crippen molar-refractivity contribution in [3.05, 3.63) is 115 Å². The molecule has 0 aliphatic heterocycles. The van der Waals surface area contributed by atoms with E-state index in [4.69, 9.17) is 0 Å². The second-order valence-electron chi connectivity index (χ2n) is 5.78. The highest BCUT2D eigenvalue weighted by Crippen LogP contribution is 2.42. The second-order valence-corrected chi connectivity index (χ2v) is 5.78. The van der Waals surface area contributed by atoms with E-state index in [9.17, 15) is 4.79 Å². The zero-order chi connectivity index (χ0) is 16.8. The van der Waals surface area contributed by atoms with E-state index in [0.29, 0.717) is 6.42 Å². The van der Waals surface area contributed by atoms with Crippen LogP contribution in [0, 0.1) is 7.05 Å². The standard InChI is InChI=1S/C22H20NO/c1-23-21(24)17-22(18-11-5-2-6-12-18,19-13-7-3-8-14-19)20-15-9-4-10-16-20/h2-16H,1,17H2,(H,23,24). The highest BCUT2D eigenvalue weighted by Gasteiger charge is 2.38. The third-order valence-electron chi connectivity index (χ3n) is 4.42. The van der Waals surface area contributed by atoms with Crippen molar-refractivity contribution >= 4 is 5.91 Å². The molecule has 3 rings (SSSR count). The molecule has 0 aromatic heterocycles. The molecule has 24 heavy (non-hydrogen) atoms. The van der Waals surface area contributed by atoms with Crippen molar-refractivity contribution in [3.63, 3.8) is 0 Å². The van der Waals surface area contributed by atoms with Gasteiger partial charge in [0.15, 0.2) is 0 Å². The van der Waals surface area contributed by atoms with Crippen molar-refractivity contribution < 1.29 is 4.79 Å². The van der Waals surface area contributed by atoms with Crippen molar-refractivity contribution in [2.75, 3.05) is 0 Å². The quantitative estimate of drug-likeness (QED) is 0.698. The zero-order valence-electron chi connectivity index (χ0n) is 13.5. The van der Waals surface area contributed by atoms with Gasteiger partial charge in [-0.15, -0.1) is 0 Å². The Labute approximate surface area is 143 Å². The van der Waals surface area contributed by atoms with Crippen LogP contribution in [0.2, 0.25) is 0 Å². The summed E-state index contributed by atoms with van der Waals surface area (Å²) in [6.45, 7) is 0. The summed E-state index contributed by atoms with van der Waals surface area (Å²) in [6, 6.07) is 30.5. The maximum atomic E-state index is 12.4. The molecule has 1 radical (unpaired) electrons. The van der Waals surface area contributed by atoms with Gasteiger partial charge in [-0.2, -0.15) is 0 Å². The fraction of sp³-hybridized carbons (Fsp3) is 0.0909. The van der Waals surface area contributed by atoms with Gasteiger partial charge in [0.25, 0.3) is 0 Å². The lowest BCUT2D eigenvalue weighted by molar-refractivity contribution is -0.120. The van der Waals surface area contributed by atoms with Gasteiger partial charge in [0, 0.05) is 13.5 Å². The summed E-state index contributed by atoms with van der Waals surface area (Å²) in [7, 11) is 3.55. The minimum atomic E-state index is -0.550. The van der Waals surface area contributed by atoms with Gasteiger partial charge in [0.1, 0.15) is 0 Å². The van der Waals surface area contributed by atoms with Gasteiger partial charge in [0.05, 0.1) is 5.41 Å². The van der Waals surface area contributed by atoms with Crippen LogP contribution >= 0.6 is 0 Å². The minimum Gasteiger partial charge on any atom is -0.354 e. The first-order valence-electron chi connectivity index (χ1n) is 8.00. The molecule has 0 bridgehead atoms. The molecule has 0 heterocycles. The molecule has 0 fully saturated rings. The average molecular weight is 314 g/mol. The van der Waals surface area contributed by atoms with Crippen LogP contribution in [-0.2, 0) is 10.2 Å². The predicted octanol–water partition coefficient (Wildman–Crippen LogP) is 4.32. The Balaban J connectivity index is 2.30. The molecule has 3 aromatic rings. The normalized spacial score (nSPS) is 11.0. The maximum absolute atomic E-state index is 12.4. The fourth-order valence-corrected chi connectivity index (χ4v) is 3.28. The van der Waals surface area contributed by atoms with E-state index in [2.05, 4.69) is 48.8 Å². The van der Waals surface area contributed by atoms with Gasteiger partial charge in [0.2, 0.25) is 5.91 Å². The Bertz CT molecular complexity index is 685. The Morgan fingerprint density at radius 2 is 1.04 bits per heavy atom. The minimum absolute atomic E-state index is 0.0911. The lowest BCUT2D eigenvalue weighted by Gasteiger charge is -2.35. The molecule has 1 N–H and O–H groups in total. The Morgan fingerprint density at radius 1 is 0.708 bits per heavy atom. The molecule has 2 heteroatoms. The first-order chi connectivity index (χ1) is 11.8. The molecule has 0 spiro atoms. The number of nitrogens with one attached hydrogen (secondary N) is 1. The van der Waals surface area contributed by atoms with Gasteiger partial charge >= 0.3 is 0 Å². The molecule has 2 nitrogen and oxygen atoms in total. The monoisotopic (exact) mass is 314 g/mol. The Morgan fingerprint density at radius 3 is 1.33 bits per heavy atom. The summed E-state index contributed by atoms with van der Waals surface area (Å²) in [5.74, 6) is -0.0911. The van der Waals surface area contributed by atoms with E-state index in [1.165, 1.54) is 0 Å². The first-order valence-corrected chi connectivity index (χ1v) is 8.00. The van der Waals surface area contributed by atoms with Crippen LogP contribution in [0.1, 0.15) is 23.1 Å². The first kappa shape index (κ1) is 16.0. The van der Waals surface area contributed by atoms with E-state index in [1.54, 1.807) is 0 Å². The number of rotatable bonds is 5.